The first-order valence-electron chi connectivity index (χ1n) is 5.71. The van der Waals surface area contributed by atoms with Crippen molar-refractivity contribution in [2.45, 2.75) is 17.9 Å². The zero-order chi connectivity index (χ0) is 14.6. The SMILES string of the molecule is COC(=O)c1ccc(S(=O)(=O)N(C)C(C)CN)cc1.Cl. The Morgan fingerprint density at radius 2 is 1.85 bits per heavy atom. The van der Waals surface area contributed by atoms with Gasteiger partial charge in [-0.1, -0.05) is 0 Å². The first-order valence-corrected chi connectivity index (χ1v) is 7.15. The summed E-state index contributed by atoms with van der Waals surface area (Å²) in [5.74, 6) is -0.507. The van der Waals surface area contributed by atoms with Gasteiger partial charge in [0.15, 0.2) is 0 Å². The highest BCUT2D eigenvalue weighted by molar-refractivity contribution is 7.89. The Bertz CT molecular complexity index is 545. The topological polar surface area (TPSA) is 89.7 Å². The lowest BCUT2D eigenvalue weighted by atomic mass is 10.2. The molecular formula is C12H19ClN2O4S. The number of sulfonamides is 1. The standard InChI is InChI=1S/C12H18N2O4S.ClH/c1-9(8-13)14(2)19(16,17)11-6-4-10(5-7-11)12(15)18-3;/h4-7,9H,8,13H2,1-3H3;1H. The van der Waals surface area contributed by atoms with Crippen molar-refractivity contribution in [3.63, 3.8) is 0 Å². The molecule has 0 aliphatic rings. The Hall–Kier alpha value is -1.15. The molecule has 0 fully saturated rings. The molecule has 1 aromatic rings. The second-order valence-electron chi connectivity index (χ2n) is 4.12. The van der Waals surface area contributed by atoms with Crippen LogP contribution in [0, 0.1) is 0 Å². The maximum atomic E-state index is 12.2. The van der Waals surface area contributed by atoms with E-state index >= 15 is 0 Å². The third-order valence-corrected chi connectivity index (χ3v) is 4.90. The van der Waals surface area contributed by atoms with Gasteiger partial charge >= 0.3 is 5.97 Å². The van der Waals surface area contributed by atoms with E-state index in [4.69, 9.17) is 5.73 Å². The lowest BCUT2D eigenvalue weighted by Crippen LogP contribution is -2.39. The fourth-order valence-electron chi connectivity index (χ4n) is 1.43. The third kappa shape index (κ3) is 3.92. The predicted molar refractivity (Wildman–Crippen MR) is 78.5 cm³/mol. The summed E-state index contributed by atoms with van der Waals surface area (Å²) >= 11 is 0. The van der Waals surface area contributed by atoms with Gasteiger partial charge in [0.2, 0.25) is 10.0 Å². The van der Waals surface area contributed by atoms with E-state index in [0.29, 0.717) is 5.56 Å². The van der Waals surface area contributed by atoms with Crippen molar-refractivity contribution in [2.75, 3.05) is 20.7 Å². The van der Waals surface area contributed by atoms with Crippen LogP contribution in [-0.2, 0) is 14.8 Å². The van der Waals surface area contributed by atoms with Gasteiger partial charge in [0, 0.05) is 19.6 Å². The van der Waals surface area contributed by atoms with Crippen LogP contribution >= 0.6 is 12.4 Å². The summed E-state index contributed by atoms with van der Waals surface area (Å²) in [7, 11) is -0.857. The van der Waals surface area contributed by atoms with E-state index in [1.807, 2.05) is 0 Å². The first-order chi connectivity index (χ1) is 8.84. The maximum Gasteiger partial charge on any atom is 0.337 e. The number of nitrogens with two attached hydrogens (primary N) is 1. The van der Waals surface area contributed by atoms with Crippen molar-refractivity contribution in [1.82, 2.24) is 4.31 Å². The summed E-state index contributed by atoms with van der Waals surface area (Å²) in [6.07, 6.45) is 0. The normalized spacial score (nSPS) is 12.7. The average molecular weight is 323 g/mol. The van der Waals surface area contributed by atoms with Crippen molar-refractivity contribution in [3.8, 4) is 0 Å². The van der Waals surface area contributed by atoms with Crippen LogP contribution in [0.1, 0.15) is 17.3 Å². The summed E-state index contributed by atoms with van der Waals surface area (Å²) in [5.41, 5.74) is 5.76. The summed E-state index contributed by atoms with van der Waals surface area (Å²) in [6, 6.07) is 5.28. The molecule has 0 bridgehead atoms. The van der Waals surface area contributed by atoms with Gasteiger partial charge in [-0.05, 0) is 31.2 Å². The highest BCUT2D eigenvalue weighted by Crippen LogP contribution is 2.17. The van der Waals surface area contributed by atoms with Gasteiger partial charge < -0.3 is 10.5 Å². The second kappa shape index (κ2) is 7.58. The number of methoxy groups -OCH3 is 1. The van der Waals surface area contributed by atoms with Crippen molar-refractivity contribution in [1.29, 1.82) is 0 Å². The third-order valence-electron chi connectivity index (χ3n) is 2.91. The summed E-state index contributed by atoms with van der Waals surface area (Å²) < 4.78 is 30.2. The Morgan fingerprint density at radius 3 is 2.25 bits per heavy atom. The van der Waals surface area contributed by atoms with E-state index in [9.17, 15) is 13.2 Å². The number of carbonyl (C=O) groups excluding carboxylic acids is 1. The van der Waals surface area contributed by atoms with E-state index in [2.05, 4.69) is 4.74 Å². The van der Waals surface area contributed by atoms with Crippen LogP contribution in [0.15, 0.2) is 29.2 Å². The quantitative estimate of drug-likeness (QED) is 0.812. The van der Waals surface area contributed by atoms with Crippen molar-refractivity contribution >= 4 is 28.4 Å². The molecule has 0 aromatic heterocycles. The molecule has 1 atom stereocenters. The largest absolute Gasteiger partial charge is 0.465 e. The highest BCUT2D eigenvalue weighted by atomic mass is 35.5. The lowest BCUT2D eigenvalue weighted by Gasteiger charge is -2.23. The molecule has 0 heterocycles. The van der Waals surface area contributed by atoms with Gasteiger partial charge in [-0.15, -0.1) is 12.4 Å². The molecule has 0 aliphatic heterocycles. The molecule has 0 saturated carbocycles. The number of esters is 1. The Morgan fingerprint density at radius 1 is 1.35 bits per heavy atom. The van der Waals surface area contributed by atoms with Gasteiger partial charge in [0.25, 0.3) is 0 Å². The molecule has 0 spiro atoms. The molecule has 1 rings (SSSR count). The molecule has 0 saturated heterocycles. The predicted octanol–water partition coefficient (Wildman–Crippen LogP) is 0.863. The van der Waals surface area contributed by atoms with Crippen LogP contribution in [0.5, 0.6) is 0 Å². The summed E-state index contributed by atoms with van der Waals surface area (Å²) in [5, 5.41) is 0. The van der Waals surface area contributed by atoms with Gasteiger partial charge in [0.05, 0.1) is 17.6 Å². The number of likely N-dealkylation sites (N-methyl/N-ethyl adjacent to an activating group) is 1. The summed E-state index contributed by atoms with van der Waals surface area (Å²) in [4.78, 5) is 11.4. The molecule has 2 N–H and O–H groups in total. The van der Waals surface area contributed by atoms with Crippen LogP contribution in [0.4, 0.5) is 0 Å². The van der Waals surface area contributed by atoms with Gasteiger partial charge in [-0.3, -0.25) is 0 Å². The number of halogens is 1. The zero-order valence-electron chi connectivity index (χ0n) is 11.6. The molecule has 0 amide bonds. The molecule has 1 unspecified atom stereocenters. The smallest absolute Gasteiger partial charge is 0.337 e. The fraction of sp³-hybridized carbons (Fsp3) is 0.417. The second-order valence-corrected chi connectivity index (χ2v) is 6.12. The fourth-order valence-corrected chi connectivity index (χ4v) is 2.80. The number of carbonyl (C=O) groups is 1. The Balaban J connectivity index is 0.00000361. The van der Waals surface area contributed by atoms with E-state index in [1.165, 1.54) is 42.7 Å². The highest BCUT2D eigenvalue weighted by Gasteiger charge is 2.24. The maximum absolute atomic E-state index is 12.2. The first kappa shape index (κ1) is 18.9. The molecule has 0 radical (unpaired) electrons. The molecule has 8 heteroatoms. The van der Waals surface area contributed by atoms with Gasteiger partial charge in [-0.2, -0.15) is 4.31 Å². The number of ether oxygens (including phenoxy) is 1. The molecule has 114 valence electrons. The van der Waals surface area contributed by atoms with E-state index < -0.39 is 16.0 Å². The number of hydrogen-bond donors (Lipinski definition) is 1. The molecule has 0 aliphatic carbocycles. The molecular weight excluding hydrogens is 304 g/mol. The zero-order valence-corrected chi connectivity index (χ0v) is 13.2. The van der Waals surface area contributed by atoms with Crippen molar-refractivity contribution < 1.29 is 17.9 Å². The minimum Gasteiger partial charge on any atom is -0.465 e. The van der Waals surface area contributed by atoms with Crippen LogP contribution in [-0.4, -0.2) is 45.4 Å². The van der Waals surface area contributed by atoms with E-state index in [0.717, 1.165) is 0 Å². The summed E-state index contributed by atoms with van der Waals surface area (Å²) in [6.45, 7) is 1.95. The van der Waals surface area contributed by atoms with Crippen molar-refractivity contribution in [3.05, 3.63) is 29.8 Å². The Labute approximate surface area is 125 Å². The molecule has 20 heavy (non-hydrogen) atoms. The number of hydrogen-bond acceptors (Lipinski definition) is 5. The Kier molecular flexibility index (Phi) is 7.15. The van der Waals surface area contributed by atoms with Crippen LogP contribution < -0.4 is 5.73 Å². The van der Waals surface area contributed by atoms with Crippen LogP contribution in [0.2, 0.25) is 0 Å². The van der Waals surface area contributed by atoms with E-state index in [1.54, 1.807) is 6.92 Å². The van der Waals surface area contributed by atoms with Gasteiger partial charge in [-0.25, -0.2) is 13.2 Å². The minimum atomic E-state index is -3.60. The molecule has 1 aromatic carbocycles. The average Bonchev–Trinajstić information content (AvgIpc) is 2.44. The molecule has 6 nitrogen and oxygen atoms in total. The van der Waals surface area contributed by atoms with Crippen LogP contribution in [0.25, 0.3) is 0 Å². The van der Waals surface area contributed by atoms with E-state index in [-0.39, 0.29) is 29.9 Å². The minimum absolute atomic E-state index is 0. The van der Waals surface area contributed by atoms with Crippen molar-refractivity contribution in [2.24, 2.45) is 5.73 Å². The number of benzene rings is 1. The number of rotatable bonds is 5. The monoisotopic (exact) mass is 322 g/mol. The lowest BCUT2D eigenvalue weighted by molar-refractivity contribution is 0.0600. The van der Waals surface area contributed by atoms with Crippen LogP contribution in [0.3, 0.4) is 0 Å². The van der Waals surface area contributed by atoms with Gasteiger partial charge in [0.1, 0.15) is 0 Å². The number of nitrogens with zero attached hydrogens (tertiary/aromatic N) is 1.